The summed E-state index contributed by atoms with van der Waals surface area (Å²) in [6.45, 7) is 2.00. The second-order valence-corrected chi connectivity index (χ2v) is 4.16. The van der Waals surface area contributed by atoms with Crippen molar-refractivity contribution in [3.8, 4) is 5.75 Å². The Labute approximate surface area is 115 Å². The SMILES string of the molecule is CCCc1nc(C(=O)Nc2ccc(OC)c(F)c2)n[nH]1. The highest BCUT2D eigenvalue weighted by atomic mass is 19.1. The molecular weight excluding hydrogens is 263 g/mol. The number of amides is 1. The van der Waals surface area contributed by atoms with E-state index < -0.39 is 11.7 Å². The van der Waals surface area contributed by atoms with Crippen LogP contribution in [-0.4, -0.2) is 28.2 Å². The van der Waals surface area contributed by atoms with Gasteiger partial charge in [-0.1, -0.05) is 6.92 Å². The third-order valence-electron chi connectivity index (χ3n) is 2.63. The maximum absolute atomic E-state index is 13.5. The van der Waals surface area contributed by atoms with Crippen LogP contribution in [0.25, 0.3) is 0 Å². The topological polar surface area (TPSA) is 79.9 Å². The molecule has 7 heteroatoms. The Kier molecular flexibility index (Phi) is 4.29. The molecule has 0 saturated heterocycles. The molecule has 106 valence electrons. The number of H-pyrrole nitrogens is 1. The second kappa shape index (κ2) is 6.14. The van der Waals surface area contributed by atoms with Gasteiger partial charge < -0.3 is 10.1 Å². The first-order chi connectivity index (χ1) is 9.63. The van der Waals surface area contributed by atoms with E-state index in [1.807, 2.05) is 6.92 Å². The van der Waals surface area contributed by atoms with E-state index in [1.165, 1.54) is 19.2 Å². The number of anilines is 1. The Morgan fingerprint density at radius 3 is 2.95 bits per heavy atom. The first-order valence-corrected chi connectivity index (χ1v) is 6.20. The minimum absolute atomic E-state index is 0.0321. The van der Waals surface area contributed by atoms with Crippen LogP contribution in [0.5, 0.6) is 5.75 Å². The number of carbonyl (C=O) groups is 1. The second-order valence-electron chi connectivity index (χ2n) is 4.16. The van der Waals surface area contributed by atoms with Gasteiger partial charge in [0.05, 0.1) is 7.11 Å². The number of ether oxygens (including phenoxy) is 1. The van der Waals surface area contributed by atoms with Gasteiger partial charge in [-0.2, -0.15) is 0 Å². The molecule has 1 amide bonds. The van der Waals surface area contributed by atoms with E-state index in [2.05, 4.69) is 20.5 Å². The number of carbonyl (C=O) groups excluding carboxylic acids is 1. The summed E-state index contributed by atoms with van der Waals surface area (Å²) in [5.74, 6) is -0.241. The number of benzene rings is 1. The number of nitrogens with zero attached hydrogens (tertiary/aromatic N) is 2. The summed E-state index contributed by atoms with van der Waals surface area (Å²) < 4.78 is 18.3. The highest BCUT2D eigenvalue weighted by Crippen LogP contribution is 2.20. The number of hydrogen-bond acceptors (Lipinski definition) is 4. The monoisotopic (exact) mass is 278 g/mol. The molecule has 2 N–H and O–H groups in total. The van der Waals surface area contributed by atoms with Crippen LogP contribution in [-0.2, 0) is 6.42 Å². The predicted octanol–water partition coefficient (Wildman–Crippen LogP) is 2.16. The largest absolute Gasteiger partial charge is 0.494 e. The smallest absolute Gasteiger partial charge is 0.295 e. The maximum atomic E-state index is 13.5. The molecule has 0 atom stereocenters. The molecule has 2 aromatic rings. The van der Waals surface area contributed by atoms with Crippen molar-refractivity contribution >= 4 is 11.6 Å². The third-order valence-corrected chi connectivity index (χ3v) is 2.63. The molecular formula is C13H15FN4O2. The summed E-state index contributed by atoms with van der Waals surface area (Å²) in [5, 5.41) is 9.03. The minimum Gasteiger partial charge on any atom is -0.494 e. The highest BCUT2D eigenvalue weighted by Gasteiger charge is 2.13. The molecule has 0 spiro atoms. The molecule has 1 aromatic carbocycles. The number of hydrogen-bond donors (Lipinski definition) is 2. The lowest BCUT2D eigenvalue weighted by Crippen LogP contribution is -2.14. The van der Waals surface area contributed by atoms with Crippen LogP contribution < -0.4 is 10.1 Å². The molecule has 0 unspecified atom stereocenters. The molecule has 6 nitrogen and oxygen atoms in total. The van der Waals surface area contributed by atoms with Crippen molar-refractivity contribution in [2.75, 3.05) is 12.4 Å². The fraction of sp³-hybridized carbons (Fsp3) is 0.308. The molecule has 20 heavy (non-hydrogen) atoms. The maximum Gasteiger partial charge on any atom is 0.295 e. The molecule has 0 aliphatic heterocycles. The third kappa shape index (κ3) is 3.11. The molecule has 0 bridgehead atoms. The van der Waals surface area contributed by atoms with Crippen LogP contribution in [0.15, 0.2) is 18.2 Å². The van der Waals surface area contributed by atoms with Crippen molar-refractivity contribution in [1.29, 1.82) is 0 Å². The van der Waals surface area contributed by atoms with Crippen LogP contribution >= 0.6 is 0 Å². The van der Waals surface area contributed by atoms with E-state index in [9.17, 15) is 9.18 Å². The Morgan fingerprint density at radius 1 is 1.50 bits per heavy atom. The van der Waals surface area contributed by atoms with E-state index in [0.29, 0.717) is 11.5 Å². The van der Waals surface area contributed by atoms with Crippen LogP contribution in [0.3, 0.4) is 0 Å². The first kappa shape index (κ1) is 14.0. The van der Waals surface area contributed by atoms with E-state index in [4.69, 9.17) is 4.74 Å². The number of aryl methyl sites for hydroxylation is 1. The van der Waals surface area contributed by atoms with E-state index >= 15 is 0 Å². The summed E-state index contributed by atoms with van der Waals surface area (Å²) in [5.41, 5.74) is 0.315. The zero-order valence-corrected chi connectivity index (χ0v) is 11.2. The molecule has 0 radical (unpaired) electrons. The molecule has 0 aliphatic carbocycles. The van der Waals surface area contributed by atoms with Crippen molar-refractivity contribution in [2.45, 2.75) is 19.8 Å². The van der Waals surface area contributed by atoms with E-state index in [1.54, 1.807) is 6.07 Å². The predicted molar refractivity (Wildman–Crippen MR) is 71.3 cm³/mol. The first-order valence-electron chi connectivity index (χ1n) is 6.20. The van der Waals surface area contributed by atoms with Gasteiger partial charge in [0, 0.05) is 18.2 Å². The van der Waals surface area contributed by atoms with Crippen molar-refractivity contribution in [2.24, 2.45) is 0 Å². The Hall–Kier alpha value is -2.44. The summed E-state index contributed by atoms with van der Waals surface area (Å²) in [6.07, 6.45) is 1.62. The lowest BCUT2D eigenvalue weighted by atomic mass is 10.3. The fourth-order valence-electron chi connectivity index (χ4n) is 1.68. The molecule has 0 saturated carbocycles. The van der Waals surface area contributed by atoms with Crippen LogP contribution in [0, 0.1) is 5.82 Å². The van der Waals surface area contributed by atoms with Gasteiger partial charge in [-0.3, -0.25) is 9.89 Å². The Balaban J connectivity index is 2.08. The van der Waals surface area contributed by atoms with Crippen molar-refractivity contribution in [1.82, 2.24) is 15.2 Å². The summed E-state index contributed by atoms with van der Waals surface area (Å²) in [7, 11) is 1.37. The van der Waals surface area contributed by atoms with Gasteiger partial charge >= 0.3 is 0 Å². The van der Waals surface area contributed by atoms with Gasteiger partial charge in [0.1, 0.15) is 5.82 Å². The number of methoxy groups -OCH3 is 1. The van der Waals surface area contributed by atoms with Crippen LogP contribution in [0.2, 0.25) is 0 Å². The number of aromatic amines is 1. The summed E-state index contributed by atoms with van der Waals surface area (Å²) in [4.78, 5) is 15.9. The van der Waals surface area contributed by atoms with Crippen molar-refractivity contribution in [3.63, 3.8) is 0 Å². The summed E-state index contributed by atoms with van der Waals surface area (Å²) >= 11 is 0. The Morgan fingerprint density at radius 2 is 2.30 bits per heavy atom. The molecule has 1 heterocycles. The highest BCUT2D eigenvalue weighted by molar-refractivity contribution is 6.01. The van der Waals surface area contributed by atoms with E-state index in [-0.39, 0.29) is 11.6 Å². The van der Waals surface area contributed by atoms with Crippen molar-refractivity contribution in [3.05, 3.63) is 35.7 Å². The lowest BCUT2D eigenvalue weighted by Gasteiger charge is -2.05. The molecule has 0 aliphatic rings. The molecule has 2 rings (SSSR count). The van der Waals surface area contributed by atoms with Crippen molar-refractivity contribution < 1.29 is 13.9 Å². The zero-order valence-electron chi connectivity index (χ0n) is 11.2. The average Bonchev–Trinajstić information content (AvgIpc) is 2.88. The van der Waals surface area contributed by atoms with Gasteiger partial charge in [0.25, 0.3) is 5.91 Å². The average molecular weight is 278 g/mol. The fourth-order valence-corrected chi connectivity index (χ4v) is 1.68. The molecule has 1 aromatic heterocycles. The van der Waals surface area contributed by atoms with E-state index in [0.717, 1.165) is 12.8 Å². The Bertz CT molecular complexity index is 612. The quantitative estimate of drug-likeness (QED) is 0.878. The standard InChI is InChI=1S/C13H15FN4O2/c1-3-4-11-16-12(18-17-11)13(19)15-8-5-6-10(20-2)9(14)7-8/h5-7H,3-4H2,1-2H3,(H,15,19)(H,16,17,18). The van der Waals surface area contributed by atoms with Gasteiger partial charge in [0.2, 0.25) is 5.82 Å². The van der Waals surface area contributed by atoms with Gasteiger partial charge in [0.15, 0.2) is 11.6 Å². The van der Waals surface area contributed by atoms with Gasteiger partial charge in [-0.15, -0.1) is 5.10 Å². The van der Waals surface area contributed by atoms with Crippen LogP contribution in [0.1, 0.15) is 29.8 Å². The lowest BCUT2D eigenvalue weighted by molar-refractivity contribution is 0.101. The van der Waals surface area contributed by atoms with Gasteiger partial charge in [-0.05, 0) is 18.6 Å². The normalized spacial score (nSPS) is 10.3. The minimum atomic E-state index is -0.549. The van der Waals surface area contributed by atoms with Gasteiger partial charge in [-0.25, -0.2) is 9.37 Å². The number of halogens is 1. The van der Waals surface area contributed by atoms with Crippen LogP contribution in [0.4, 0.5) is 10.1 Å². The number of nitrogens with one attached hydrogen (secondary N) is 2. The summed E-state index contributed by atoms with van der Waals surface area (Å²) in [6, 6.07) is 4.15. The molecule has 0 fully saturated rings. The number of rotatable bonds is 5. The zero-order chi connectivity index (χ0) is 14.5. The number of aromatic nitrogens is 3.